The summed E-state index contributed by atoms with van der Waals surface area (Å²) in [4.78, 5) is 25.1. The number of nitrogens with zero attached hydrogens (tertiary/aromatic N) is 4. The second kappa shape index (κ2) is 5.02. The molecule has 1 aromatic carbocycles. The van der Waals surface area contributed by atoms with E-state index in [1.165, 1.54) is 18.4 Å². The molecule has 0 unspecified atom stereocenters. The Balaban J connectivity index is 2.07. The van der Waals surface area contributed by atoms with Crippen molar-refractivity contribution in [2.24, 2.45) is 0 Å². The van der Waals surface area contributed by atoms with E-state index in [1.807, 2.05) is 6.92 Å². The van der Waals surface area contributed by atoms with Gasteiger partial charge in [0, 0.05) is 17.8 Å². The van der Waals surface area contributed by atoms with Gasteiger partial charge in [-0.05, 0) is 36.8 Å². The molecule has 4 rings (SSSR count). The van der Waals surface area contributed by atoms with E-state index in [4.69, 9.17) is 0 Å². The zero-order valence-corrected chi connectivity index (χ0v) is 12.4. The van der Waals surface area contributed by atoms with Gasteiger partial charge in [0.05, 0.1) is 17.4 Å². The molecule has 5 nitrogen and oxygen atoms in total. The van der Waals surface area contributed by atoms with Crippen LogP contribution < -0.4 is 5.69 Å². The number of fused-ring (bicyclic) bond motifs is 1. The molecule has 3 aromatic rings. The summed E-state index contributed by atoms with van der Waals surface area (Å²) in [6, 6.07) is 6.36. The largest absolute Gasteiger partial charge is 0.354 e. The SMILES string of the molecule is CCc1nc(=O)n(-c2cnccn2)c2cc(C3CC3)ccc12. The smallest absolute Gasteiger partial charge is 0.259 e. The molecule has 1 aliphatic rings. The molecular formula is C17H16N4O. The highest BCUT2D eigenvalue weighted by Gasteiger charge is 2.24. The predicted molar refractivity (Wildman–Crippen MR) is 84.3 cm³/mol. The van der Waals surface area contributed by atoms with Gasteiger partial charge in [-0.1, -0.05) is 19.1 Å². The molecule has 2 aromatic heterocycles. The average Bonchev–Trinajstić information content (AvgIpc) is 3.39. The van der Waals surface area contributed by atoms with Gasteiger partial charge in [-0.3, -0.25) is 4.98 Å². The van der Waals surface area contributed by atoms with E-state index in [9.17, 15) is 4.79 Å². The normalized spacial score (nSPS) is 14.4. The molecule has 0 radical (unpaired) electrons. The van der Waals surface area contributed by atoms with E-state index in [-0.39, 0.29) is 5.69 Å². The van der Waals surface area contributed by atoms with E-state index in [2.05, 4.69) is 33.2 Å². The first-order chi connectivity index (χ1) is 10.8. The fraction of sp³-hybridized carbons (Fsp3) is 0.294. The van der Waals surface area contributed by atoms with E-state index in [0.717, 1.165) is 23.0 Å². The molecule has 0 N–H and O–H groups in total. The van der Waals surface area contributed by atoms with Gasteiger partial charge in [-0.15, -0.1) is 0 Å². The lowest BCUT2D eigenvalue weighted by Gasteiger charge is -2.12. The summed E-state index contributed by atoms with van der Waals surface area (Å²) in [5.41, 5.74) is 2.71. The zero-order valence-electron chi connectivity index (χ0n) is 12.4. The first-order valence-electron chi connectivity index (χ1n) is 7.60. The molecule has 0 saturated heterocycles. The summed E-state index contributed by atoms with van der Waals surface area (Å²) in [7, 11) is 0. The Hall–Kier alpha value is -2.56. The minimum absolute atomic E-state index is 0.294. The van der Waals surface area contributed by atoms with Crippen molar-refractivity contribution in [3.63, 3.8) is 0 Å². The fourth-order valence-electron chi connectivity index (χ4n) is 2.87. The van der Waals surface area contributed by atoms with Crippen LogP contribution in [0.3, 0.4) is 0 Å². The third kappa shape index (κ3) is 2.09. The Morgan fingerprint density at radius 1 is 1.27 bits per heavy atom. The molecule has 110 valence electrons. The van der Waals surface area contributed by atoms with Crippen LogP contribution in [0.4, 0.5) is 0 Å². The highest BCUT2D eigenvalue weighted by Crippen LogP contribution is 2.41. The van der Waals surface area contributed by atoms with Gasteiger partial charge in [0.25, 0.3) is 0 Å². The monoisotopic (exact) mass is 292 g/mol. The second-order valence-corrected chi connectivity index (χ2v) is 5.64. The van der Waals surface area contributed by atoms with Gasteiger partial charge in [-0.25, -0.2) is 14.3 Å². The third-order valence-electron chi connectivity index (χ3n) is 4.16. The lowest BCUT2D eigenvalue weighted by Crippen LogP contribution is -2.24. The first kappa shape index (κ1) is 13.1. The van der Waals surface area contributed by atoms with Crippen molar-refractivity contribution in [1.82, 2.24) is 19.5 Å². The lowest BCUT2D eigenvalue weighted by molar-refractivity contribution is 0.877. The Morgan fingerprint density at radius 3 is 2.82 bits per heavy atom. The average molecular weight is 292 g/mol. The van der Waals surface area contributed by atoms with Crippen molar-refractivity contribution in [2.75, 3.05) is 0 Å². The van der Waals surface area contributed by atoms with Crippen LogP contribution in [-0.4, -0.2) is 19.5 Å². The van der Waals surface area contributed by atoms with Gasteiger partial charge in [0.1, 0.15) is 0 Å². The number of hydrogen-bond acceptors (Lipinski definition) is 4. The maximum absolute atomic E-state index is 12.5. The van der Waals surface area contributed by atoms with Crippen molar-refractivity contribution < 1.29 is 0 Å². The van der Waals surface area contributed by atoms with Crippen LogP contribution in [0.5, 0.6) is 0 Å². The van der Waals surface area contributed by atoms with Crippen molar-refractivity contribution in [2.45, 2.75) is 32.1 Å². The van der Waals surface area contributed by atoms with Gasteiger partial charge in [0.15, 0.2) is 5.82 Å². The van der Waals surface area contributed by atoms with Crippen LogP contribution in [0.25, 0.3) is 16.7 Å². The number of rotatable bonds is 3. The van der Waals surface area contributed by atoms with Crippen molar-refractivity contribution in [1.29, 1.82) is 0 Å². The molecular weight excluding hydrogens is 276 g/mol. The van der Waals surface area contributed by atoms with Gasteiger partial charge < -0.3 is 0 Å². The molecule has 0 atom stereocenters. The number of aryl methyl sites for hydroxylation is 1. The van der Waals surface area contributed by atoms with Crippen LogP contribution in [0, 0.1) is 0 Å². The highest BCUT2D eigenvalue weighted by molar-refractivity contribution is 5.83. The van der Waals surface area contributed by atoms with Crippen LogP contribution in [0.2, 0.25) is 0 Å². The molecule has 22 heavy (non-hydrogen) atoms. The minimum Gasteiger partial charge on any atom is -0.259 e. The van der Waals surface area contributed by atoms with Crippen LogP contribution in [-0.2, 0) is 6.42 Å². The molecule has 0 amide bonds. The summed E-state index contributed by atoms with van der Waals surface area (Å²) in [6.45, 7) is 2.02. The predicted octanol–water partition coefficient (Wildman–Crippen LogP) is 2.62. The van der Waals surface area contributed by atoms with Crippen LogP contribution in [0.15, 0.2) is 41.6 Å². The Morgan fingerprint density at radius 2 is 2.14 bits per heavy atom. The van der Waals surface area contributed by atoms with Crippen molar-refractivity contribution in [3.8, 4) is 5.82 Å². The number of aromatic nitrogens is 4. The van der Waals surface area contributed by atoms with Crippen LogP contribution in [0.1, 0.15) is 36.9 Å². The Bertz CT molecular complexity index is 898. The summed E-state index contributed by atoms with van der Waals surface area (Å²) in [5.74, 6) is 1.15. The molecule has 0 bridgehead atoms. The summed E-state index contributed by atoms with van der Waals surface area (Å²) in [6.07, 6.45) is 7.97. The fourth-order valence-corrected chi connectivity index (χ4v) is 2.87. The van der Waals surface area contributed by atoms with Crippen molar-refractivity contribution >= 4 is 10.9 Å². The van der Waals surface area contributed by atoms with E-state index < -0.39 is 0 Å². The van der Waals surface area contributed by atoms with Crippen molar-refractivity contribution in [3.05, 3.63) is 58.5 Å². The standard InChI is InChI=1S/C17H16N4O/c1-2-14-13-6-5-12(11-3-4-11)9-15(13)21(17(22)20-14)16-10-18-7-8-19-16/h5-11H,2-4H2,1H3. The maximum Gasteiger partial charge on any atom is 0.354 e. The molecule has 2 heterocycles. The lowest BCUT2D eigenvalue weighted by atomic mass is 10.1. The summed E-state index contributed by atoms with van der Waals surface area (Å²) in [5, 5.41) is 1.01. The third-order valence-corrected chi connectivity index (χ3v) is 4.16. The summed E-state index contributed by atoms with van der Waals surface area (Å²) >= 11 is 0. The number of hydrogen-bond donors (Lipinski definition) is 0. The Labute approximate surface area is 127 Å². The van der Waals surface area contributed by atoms with E-state index >= 15 is 0 Å². The maximum atomic E-state index is 12.5. The molecule has 1 aliphatic carbocycles. The first-order valence-corrected chi connectivity index (χ1v) is 7.60. The molecule has 1 fully saturated rings. The quantitative estimate of drug-likeness (QED) is 0.744. The van der Waals surface area contributed by atoms with E-state index in [0.29, 0.717) is 11.7 Å². The second-order valence-electron chi connectivity index (χ2n) is 5.64. The topological polar surface area (TPSA) is 60.7 Å². The minimum atomic E-state index is -0.294. The number of benzene rings is 1. The highest BCUT2D eigenvalue weighted by atomic mass is 16.1. The summed E-state index contributed by atoms with van der Waals surface area (Å²) < 4.78 is 1.56. The van der Waals surface area contributed by atoms with Gasteiger partial charge >= 0.3 is 5.69 Å². The van der Waals surface area contributed by atoms with E-state index in [1.54, 1.807) is 23.2 Å². The molecule has 1 saturated carbocycles. The van der Waals surface area contributed by atoms with Gasteiger partial charge in [-0.2, -0.15) is 4.98 Å². The Kier molecular flexibility index (Phi) is 2.99. The molecule has 5 heteroatoms. The van der Waals surface area contributed by atoms with Crippen LogP contribution >= 0.6 is 0 Å². The molecule has 0 aliphatic heterocycles. The van der Waals surface area contributed by atoms with Gasteiger partial charge in [0.2, 0.25) is 0 Å². The zero-order chi connectivity index (χ0) is 15.1. The molecule has 0 spiro atoms.